The maximum Gasteiger partial charge on any atom is 0.213 e. The second-order valence-corrected chi connectivity index (χ2v) is 5.39. The fraction of sp³-hybridized carbons (Fsp3) is 0.105. The number of pyridine rings is 1. The van der Waals surface area contributed by atoms with Crippen LogP contribution in [0.1, 0.15) is 0 Å². The molecule has 0 fully saturated rings. The Bertz CT molecular complexity index is 1060. The Morgan fingerprint density at radius 2 is 1.75 bits per heavy atom. The number of furan rings is 1. The average Bonchev–Trinajstić information content (AvgIpc) is 3.06. The van der Waals surface area contributed by atoms with Crippen LogP contribution in [0.2, 0.25) is 0 Å². The van der Waals surface area contributed by atoms with E-state index in [0.29, 0.717) is 22.6 Å². The predicted molar refractivity (Wildman–Crippen MR) is 90.0 cm³/mol. The summed E-state index contributed by atoms with van der Waals surface area (Å²) in [5, 5.41) is 2.77. The monoisotopic (exact) mass is 323 g/mol. The SMILES string of the molecule is COc1cc2cc3ccoc3c(-c3ccnc(F)c3)c2cc1OC. The minimum atomic E-state index is -0.537. The maximum absolute atomic E-state index is 13.7. The molecule has 0 atom stereocenters. The summed E-state index contributed by atoms with van der Waals surface area (Å²) in [6.45, 7) is 0. The van der Waals surface area contributed by atoms with Gasteiger partial charge < -0.3 is 13.9 Å². The Morgan fingerprint density at radius 3 is 2.50 bits per heavy atom. The first-order valence-corrected chi connectivity index (χ1v) is 7.39. The van der Waals surface area contributed by atoms with Crippen LogP contribution in [0.3, 0.4) is 0 Å². The Kier molecular flexibility index (Phi) is 3.34. The molecule has 4 nitrogen and oxygen atoms in total. The lowest BCUT2D eigenvalue weighted by atomic mass is 9.96. The first kappa shape index (κ1) is 14.5. The van der Waals surface area contributed by atoms with Gasteiger partial charge in [0.15, 0.2) is 11.5 Å². The summed E-state index contributed by atoms with van der Waals surface area (Å²) in [4.78, 5) is 3.63. The zero-order valence-corrected chi connectivity index (χ0v) is 13.2. The molecule has 0 aliphatic rings. The molecule has 5 heteroatoms. The van der Waals surface area contributed by atoms with Crippen LogP contribution >= 0.6 is 0 Å². The number of hydrogen-bond donors (Lipinski definition) is 0. The lowest BCUT2D eigenvalue weighted by Gasteiger charge is -2.13. The van der Waals surface area contributed by atoms with E-state index in [2.05, 4.69) is 4.98 Å². The van der Waals surface area contributed by atoms with Gasteiger partial charge in [-0.25, -0.2) is 4.98 Å². The van der Waals surface area contributed by atoms with Crippen LogP contribution in [0.5, 0.6) is 11.5 Å². The summed E-state index contributed by atoms with van der Waals surface area (Å²) in [6, 6.07) is 10.8. The third-order valence-corrected chi connectivity index (χ3v) is 4.07. The molecule has 0 aliphatic heterocycles. The van der Waals surface area contributed by atoms with E-state index >= 15 is 0 Å². The molecule has 0 saturated carbocycles. The molecule has 0 radical (unpaired) electrons. The van der Waals surface area contributed by atoms with Gasteiger partial charge in [0.05, 0.1) is 20.5 Å². The van der Waals surface area contributed by atoms with Crippen molar-refractivity contribution in [2.45, 2.75) is 0 Å². The van der Waals surface area contributed by atoms with Crippen LogP contribution in [0.25, 0.3) is 32.9 Å². The van der Waals surface area contributed by atoms with Crippen molar-refractivity contribution in [2.75, 3.05) is 14.2 Å². The molecule has 0 unspecified atom stereocenters. The van der Waals surface area contributed by atoms with Gasteiger partial charge in [0, 0.05) is 23.2 Å². The van der Waals surface area contributed by atoms with Crippen LogP contribution in [-0.2, 0) is 0 Å². The number of fused-ring (bicyclic) bond motifs is 2. The van der Waals surface area contributed by atoms with Gasteiger partial charge in [-0.15, -0.1) is 0 Å². The number of hydrogen-bond acceptors (Lipinski definition) is 4. The lowest BCUT2D eigenvalue weighted by Crippen LogP contribution is -1.92. The van der Waals surface area contributed by atoms with Crippen molar-refractivity contribution in [3.05, 3.63) is 54.8 Å². The quantitative estimate of drug-likeness (QED) is 0.508. The molecule has 4 rings (SSSR count). The molecule has 2 heterocycles. The van der Waals surface area contributed by atoms with Crippen LogP contribution in [0.15, 0.2) is 53.3 Å². The maximum atomic E-state index is 13.7. The standard InChI is InChI=1S/C19H14FNO3/c1-22-15-8-13-7-12-4-6-24-19(12)18(14(13)10-16(15)23-2)11-3-5-21-17(20)9-11/h3-10H,1-2H3. The average molecular weight is 323 g/mol. The first-order chi connectivity index (χ1) is 11.7. The second-order valence-electron chi connectivity index (χ2n) is 5.39. The van der Waals surface area contributed by atoms with Gasteiger partial charge in [-0.05, 0) is 46.7 Å². The summed E-state index contributed by atoms with van der Waals surface area (Å²) >= 11 is 0. The summed E-state index contributed by atoms with van der Waals surface area (Å²) in [7, 11) is 3.18. The normalized spacial score (nSPS) is 11.1. The second kappa shape index (κ2) is 5.53. The predicted octanol–water partition coefficient (Wildman–Crippen LogP) is 4.80. The van der Waals surface area contributed by atoms with E-state index in [9.17, 15) is 4.39 Å². The molecule has 4 aromatic rings. The molecule has 0 saturated heterocycles. The highest BCUT2D eigenvalue weighted by Gasteiger charge is 2.16. The molecule has 120 valence electrons. The Balaban J connectivity index is 2.16. The van der Waals surface area contributed by atoms with Crippen molar-refractivity contribution in [2.24, 2.45) is 0 Å². The third-order valence-electron chi connectivity index (χ3n) is 4.07. The van der Waals surface area contributed by atoms with Gasteiger partial charge >= 0.3 is 0 Å². The molecule has 0 bridgehead atoms. The molecular weight excluding hydrogens is 309 g/mol. The molecular formula is C19H14FNO3. The fourth-order valence-corrected chi connectivity index (χ4v) is 3.00. The molecule has 2 aromatic carbocycles. The lowest BCUT2D eigenvalue weighted by molar-refractivity contribution is 0.356. The number of rotatable bonds is 3. The number of aromatic nitrogens is 1. The van der Waals surface area contributed by atoms with Crippen LogP contribution in [0.4, 0.5) is 4.39 Å². The van der Waals surface area contributed by atoms with Gasteiger partial charge in [0.25, 0.3) is 0 Å². The number of ether oxygens (including phenoxy) is 2. The van der Waals surface area contributed by atoms with Gasteiger partial charge in [0.1, 0.15) is 5.58 Å². The number of halogens is 1. The van der Waals surface area contributed by atoms with Crippen LogP contribution in [0, 0.1) is 5.95 Å². The molecule has 0 amide bonds. The Morgan fingerprint density at radius 1 is 0.958 bits per heavy atom. The van der Waals surface area contributed by atoms with Crippen LogP contribution in [-0.4, -0.2) is 19.2 Å². The van der Waals surface area contributed by atoms with Gasteiger partial charge in [-0.1, -0.05) is 0 Å². The van der Waals surface area contributed by atoms with E-state index in [1.807, 2.05) is 24.3 Å². The Labute approximate surface area is 137 Å². The van der Waals surface area contributed by atoms with Crippen molar-refractivity contribution in [3.63, 3.8) is 0 Å². The minimum absolute atomic E-state index is 0.537. The van der Waals surface area contributed by atoms with Gasteiger partial charge in [-0.2, -0.15) is 4.39 Å². The summed E-state index contributed by atoms with van der Waals surface area (Å²) in [5.74, 6) is 0.705. The number of methoxy groups -OCH3 is 2. The van der Waals surface area contributed by atoms with E-state index in [-0.39, 0.29) is 0 Å². The zero-order chi connectivity index (χ0) is 16.7. The van der Waals surface area contributed by atoms with E-state index < -0.39 is 5.95 Å². The topological polar surface area (TPSA) is 44.5 Å². The van der Waals surface area contributed by atoms with Crippen molar-refractivity contribution in [1.29, 1.82) is 0 Å². The summed E-state index contributed by atoms with van der Waals surface area (Å²) < 4.78 is 30.1. The number of benzene rings is 2. The van der Waals surface area contributed by atoms with Gasteiger partial charge in [0.2, 0.25) is 5.95 Å². The fourth-order valence-electron chi connectivity index (χ4n) is 3.00. The highest BCUT2D eigenvalue weighted by molar-refractivity contribution is 6.11. The summed E-state index contributed by atoms with van der Waals surface area (Å²) in [6.07, 6.45) is 3.07. The zero-order valence-electron chi connectivity index (χ0n) is 13.2. The molecule has 2 aromatic heterocycles. The summed E-state index contributed by atoms with van der Waals surface area (Å²) in [5.41, 5.74) is 2.19. The van der Waals surface area contributed by atoms with Crippen molar-refractivity contribution >= 4 is 21.7 Å². The van der Waals surface area contributed by atoms with Gasteiger partial charge in [-0.3, -0.25) is 0 Å². The highest BCUT2D eigenvalue weighted by atomic mass is 19.1. The molecule has 24 heavy (non-hydrogen) atoms. The smallest absolute Gasteiger partial charge is 0.213 e. The Hall–Kier alpha value is -3.08. The van der Waals surface area contributed by atoms with E-state index in [4.69, 9.17) is 13.9 Å². The van der Waals surface area contributed by atoms with Crippen molar-refractivity contribution in [3.8, 4) is 22.6 Å². The molecule has 0 spiro atoms. The molecule has 0 aliphatic carbocycles. The highest BCUT2D eigenvalue weighted by Crippen LogP contribution is 2.41. The van der Waals surface area contributed by atoms with Crippen molar-refractivity contribution in [1.82, 2.24) is 4.98 Å². The molecule has 0 N–H and O–H groups in total. The van der Waals surface area contributed by atoms with E-state index in [0.717, 1.165) is 21.7 Å². The van der Waals surface area contributed by atoms with E-state index in [1.165, 1.54) is 12.3 Å². The third kappa shape index (κ3) is 2.17. The first-order valence-electron chi connectivity index (χ1n) is 7.39. The van der Waals surface area contributed by atoms with Crippen molar-refractivity contribution < 1.29 is 18.3 Å². The number of nitrogens with zero attached hydrogens (tertiary/aromatic N) is 1. The minimum Gasteiger partial charge on any atom is -0.493 e. The van der Waals surface area contributed by atoms with Crippen LogP contribution < -0.4 is 9.47 Å². The largest absolute Gasteiger partial charge is 0.493 e. The van der Waals surface area contributed by atoms with E-state index in [1.54, 1.807) is 26.5 Å².